The molecular formula is C25H22N8O2. The Morgan fingerprint density at radius 2 is 1.49 bits per heavy atom. The van der Waals surface area contributed by atoms with Crippen LogP contribution in [0.5, 0.6) is 0 Å². The molecule has 3 aromatic heterocycles. The van der Waals surface area contributed by atoms with Crippen LogP contribution in [0.4, 0.5) is 5.95 Å². The fourth-order valence-electron chi connectivity index (χ4n) is 4.23. The monoisotopic (exact) mass is 466 g/mol. The van der Waals surface area contributed by atoms with Gasteiger partial charge in [-0.2, -0.15) is 9.78 Å². The van der Waals surface area contributed by atoms with E-state index in [0.29, 0.717) is 49.3 Å². The molecule has 0 atom stereocenters. The second-order valence-electron chi connectivity index (χ2n) is 8.14. The smallest absolute Gasteiger partial charge is 0.272 e. The standard InChI is InChI=1S/C25H22N8O2/c34-24(22-18-21(23-12-7-17-35-23)27-32(22)19-8-3-1-4-9-19)30-13-15-31(16-14-30)25-26-28-29-33(25)20-10-5-2-6-11-20/h1-12,17-18H,13-16H2. The number of aromatic nitrogens is 6. The van der Waals surface area contributed by atoms with Crippen LogP contribution >= 0.6 is 0 Å². The van der Waals surface area contributed by atoms with Crippen molar-refractivity contribution < 1.29 is 9.21 Å². The minimum atomic E-state index is -0.0820. The number of hydrogen-bond acceptors (Lipinski definition) is 7. The maximum atomic E-state index is 13.6. The van der Waals surface area contributed by atoms with Crippen LogP contribution in [-0.4, -0.2) is 67.0 Å². The second kappa shape index (κ2) is 8.90. The maximum Gasteiger partial charge on any atom is 0.272 e. The number of carbonyl (C=O) groups excluding carboxylic acids is 1. The predicted octanol–water partition coefficient (Wildman–Crippen LogP) is 3.07. The molecule has 1 saturated heterocycles. The van der Waals surface area contributed by atoms with Crippen LogP contribution in [0.3, 0.4) is 0 Å². The summed E-state index contributed by atoms with van der Waals surface area (Å²) in [6.45, 7) is 2.31. The molecule has 1 amide bonds. The van der Waals surface area contributed by atoms with E-state index in [-0.39, 0.29) is 5.91 Å². The van der Waals surface area contributed by atoms with E-state index in [4.69, 9.17) is 4.42 Å². The first-order valence-corrected chi connectivity index (χ1v) is 11.4. The third-order valence-corrected chi connectivity index (χ3v) is 6.01. The van der Waals surface area contributed by atoms with E-state index < -0.39 is 0 Å². The van der Waals surface area contributed by atoms with Gasteiger partial charge in [0.05, 0.1) is 17.6 Å². The van der Waals surface area contributed by atoms with Crippen molar-refractivity contribution in [1.82, 2.24) is 34.9 Å². The molecule has 10 nitrogen and oxygen atoms in total. The van der Waals surface area contributed by atoms with Crippen molar-refractivity contribution >= 4 is 11.9 Å². The number of para-hydroxylation sites is 2. The van der Waals surface area contributed by atoms with E-state index in [0.717, 1.165) is 11.4 Å². The van der Waals surface area contributed by atoms with Crippen molar-refractivity contribution in [2.75, 3.05) is 31.1 Å². The van der Waals surface area contributed by atoms with Gasteiger partial charge >= 0.3 is 0 Å². The van der Waals surface area contributed by atoms with Gasteiger partial charge in [0.2, 0.25) is 5.95 Å². The Bertz CT molecular complexity index is 1420. The fourth-order valence-corrected chi connectivity index (χ4v) is 4.23. The highest BCUT2D eigenvalue weighted by Crippen LogP contribution is 2.24. The van der Waals surface area contributed by atoms with Gasteiger partial charge < -0.3 is 14.2 Å². The van der Waals surface area contributed by atoms with Crippen LogP contribution in [-0.2, 0) is 0 Å². The number of furan rings is 1. The van der Waals surface area contributed by atoms with Crippen LogP contribution in [0.1, 0.15) is 10.5 Å². The van der Waals surface area contributed by atoms with E-state index in [1.807, 2.05) is 71.6 Å². The summed E-state index contributed by atoms with van der Waals surface area (Å²) < 4.78 is 8.93. The Balaban J connectivity index is 1.24. The summed E-state index contributed by atoms with van der Waals surface area (Å²) in [5, 5.41) is 16.9. The van der Waals surface area contributed by atoms with Gasteiger partial charge in [0.1, 0.15) is 11.4 Å². The molecule has 0 unspecified atom stereocenters. The molecule has 35 heavy (non-hydrogen) atoms. The van der Waals surface area contributed by atoms with E-state index in [1.54, 1.807) is 27.8 Å². The number of hydrogen-bond donors (Lipinski definition) is 0. The molecule has 0 saturated carbocycles. The molecule has 10 heteroatoms. The van der Waals surface area contributed by atoms with Gasteiger partial charge in [-0.3, -0.25) is 4.79 Å². The molecule has 6 rings (SSSR count). The molecule has 2 aromatic carbocycles. The first-order chi connectivity index (χ1) is 17.3. The number of anilines is 1. The van der Waals surface area contributed by atoms with E-state index in [2.05, 4.69) is 25.5 Å². The topological polar surface area (TPSA) is 98.1 Å². The number of rotatable bonds is 5. The van der Waals surface area contributed by atoms with Crippen molar-refractivity contribution in [2.24, 2.45) is 0 Å². The van der Waals surface area contributed by atoms with Gasteiger partial charge in [-0.25, -0.2) is 4.68 Å². The van der Waals surface area contributed by atoms with E-state index in [1.165, 1.54) is 0 Å². The zero-order valence-electron chi connectivity index (χ0n) is 18.8. The lowest BCUT2D eigenvalue weighted by Crippen LogP contribution is -2.49. The first-order valence-electron chi connectivity index (χ1n) is 11.4. The van der Waals surface area contributed by atoms with Crippen LogP contribution in [0.15, 0.2) is 89.5 Å². The molecule has 0 aliphatic carbocycles. The molecule has 174 valence electrons. The third-order valence-electron chi connectivity index (χ3n) is 6.01. The lowest BCUT2D eigenvalue weighted by Gasteiger charge is -2.34. The first kappa shape index (κ1) is 20.8. The Labute approximate surface area is 201 Å². The quantitative estimate of drug-likeness (QED) is 0.393. The number of amides is 1. The van der Waals surface area contributed by atoms with Crippen LogP contribution in [0.25, 0.3) is 22.8 Å². The van der Waals surface area contributed by atoms with Gasteiger partial charge in [0, 0.05) is 32.2 Å². The summed E-state index contributed by atoms with van der Waals surface area (Å²) in [6.07, 6.45) is 1.60. The molecule has 5 aromatic rings. The van der Waals surface area contributed by atoms with Crippen molar-refractivity contribution in [1.29, 1.82) is 0 Å². The Morgan fingerprint density at radius 3 is 2.14 bits per heavy atom. The summed E-state index contributed by atoms with van der Waals surface area (Å²) >= 11 is 0. The van der Waals surface area contributed by atoms with Gasteiger partial charge in [-0.1, -0.05) is 41.5 Å². The highest BCUT2D eigenvalue weighted by Gasteiger charge is 2.28. The van der Waals surface area contributed by atoms with Crippen LogP contribution in [0.2, 0.25) is 0 Å². The molecular weight excluding hydrogens is 444 g/mol. The highest BCUT2D eigenvalue weighted by molar-refractivity contribution is 5.94. The zero-order valence-corrected chi connectivity index (χ0v) is 18.8. The van der Waals surface area contributed by atoms with E-state index in [9.17, 15) is 4.79 Å². The molecule has 0 spiro atoms. The largest absolute Gasteiger partial charge is 0.463 e. The van der Waals surface area contributed by atoms with Gasteiger partial charge in [0.15, 0.2) is 5.76 Å². The maximum absolute atomic E-state index is 13.6. The molecule has 0 radical (unpaired) electrons. The molecule has 1 fully saturated rings. The number of carbonyl (C=O) groups is 1. The summed E-state index contributed by atoms with van der Waals surface area (Å²) in [6, 6.07) is 24.8. The molecule has 0 N–H and O–H groups in total. The predicted molar refractivity (Wildman–Crippen MR) is 129 cm³/mol. The highest BCUT2D eigenvalue weighted by atomic mass is 16.3. The Kier molecular flexibility index (Phi) is 5.30. The SMILES string of the molecule is O=C(c1cc(-c2ccco2)nn1-c1ccccc1)N1CCN(c2nnnn2-c2ccccc2)CC1. The number of piperazine rings is 1. The van der Waals surface area contributed by atoms with E-state index >= 15 is 0 Å². The molecule has 1 aliphatic heterocycles. The van der Waals surface area contributed by atoms with Crippen LogP contribution < -0.4 is 4.90 Å². The minimum absolute atomic E-state index is 0.0820. The summed E-state index contributed by atoms with van der Waals surface area (Å²) in [4.78, 5) is 17.6. The van der Waals surface area contributed by atoms with Gasteiger partial charge in [-0.05, 0) is 46.8 Å². The normalized spacial score (nSPS) is 13.8. The zero-order chi connectivity index (χ0) is 23.6. The summed E-state index contributed by atoms with van der Waals surface area (Å²) in [5.74, 6) is 1.20. The van der Waals surface area contributed by atoms with Crippen molar-refractivity contribution in [3.63, 3.8) is 0 Å². The second-order valence-corrected chi connectivity index (χ2v) is 8.14. The van der Waals surface area contributed by atoms with Gasteiger partial charge in [-0.15, -0.1) is 0 Å². The number of tetrazole rings is 1. The van der Waals surface area contributed by atoms with Crippen LogP contribution in [0, 0.1) is 0 Å². The molecule has 1 aliphatic rings. The fraction of sp³-hybridized carbons (Fsp3) is 0.160. The lowest BCUT2D eigenvalue weighted by atomic mass is 10.2. The third kappa shape index (κ3) is 3.95. The lowest BCUT2D eigenvalue weighted by molar-refractivity contribution is 0.0737. The van der Waals surface area contributed by atoms with Crippen molar-refractivity contribution in [3.05, 3.63) is 90.8 Å². The Hall–Kier alpha value is -4.73. The number of nitrogens with zero attached hydrogens (tertiary/aromatic N) is 8. The molecule has 0 bridgehead atoms. The van der Waals surface area contributed by atoms with Gasteiger partial charge in [0.25, 0.3) is 5.91 Å². The number of benzene rings is 2. The van der Waals surface area contributed by atoms with Crippen molar-refractivity contribution in [3.8, 4) is 22.8 Å². The minimum Gasteiger partial charge on any atom is -0.463 e. The summed E-state index contributed by atoms with van der Waals surface area (Å²) in [7, 11) is 0. The Morgan fingerprint density at radius 1 is 0.800 bits per heavy atom. The molecule has 4 heterocycles. The van der Waals surface area contributed by atoms with Crippen molar-refractivity contribution in [2.45, 2.75) is 0 Å². The average Bonchev–Trinajstić information content (AvgIpc) is 3.70. The average molecular weight is 467 g/mol. The summed E-state index contributed by atoms with van der Waals surface area (Å²) in [5.41, 5.74) is 2.81.